The third-order valence-electron chi connectivity index (χ3n) is 5.71. The van der Waals surface area contributed by atoms with Crippen LogP contribution in [0.5, 0.6) is 5.75 Å². The minimum absolute atomic E-state index is 0.0931. The minimum atomic E-state index is 0.0931. The summed E-state index contributed by atoms with van der Waals surface area (Å²) in [4.78, 5) is 13.6. The molecular weight excluding hydrogens is 374 g/mol. The van der Waals surface area contributed by atoms with Crippen LogP contribution in [0.3, 0.4) is 0 Å². The first-order chi connectivity index (χ1) is 14.1. The average Bonchev–Trinajstić information content (AvgIpc) is 2.66. The van der Waals surface area contributed by atoms with Crippen LogP contribution >= 0.6 is 0 Å². The topological polar surface area (TPSA) is 53.5 Å². The second kappa shape index (κ2) is 8.90. The first-order valence-electron chi connectivity index (χ1n) is 10.7. The van der Waals surface area contributed by atoms with Crippen molar-refractivity contribution in [2.24, 2.45) is 0 Å². The number of rotatable bonds is 7. The van der Waals surface area contributed by atoms with Gasteiger partial charge < -0.3 is 15.0 Å². The van der Waals surface area contributed by atoms with Crippen molar-refractivity contribution < 1.29 is 4.74 Å². The highest BCUT2D eigenvalue weighted by Gasteiger charge is 2.39. The third kappa shape index (κ3) is 5.92. The van der Waals surface area contributed by atoms with Crippen molar-refractivity contribution in [2.75, 3.05) is 26.1 Å². The Kier molecular flexibility index (Phi) is 6.68. The normalized spacial score (nSPS) is 18.4. The molecular formula is C24H37N5O. The fourth-order valence-corrected chi connectivity index (χ4v) is 4.70. The highest BCUT2D eigenvalue weighted by Crippen LogP contribution is 2.33. The highest BCUT2D eigenvalue weighted by atomic mass is 16.5. The molecule has 0 amide bonds. The zero-order valence-electron chi connectivity index (χ0n) is 19.6. The number of nitrogens with one attached hydrogen (secondary N) is 1. The molecule has 0 saturated carbocycles. The van der Waals surface area contributed by atoms with Crippen molar-refractivity contribution in [1.82, 2.24) is 20.2 Å². The molecule has 1 N–H and O–H groups in total. The van der Waals surface area contributed by atoms with Crippen molar-refractivity contribution in [3.8, 4) is 5.75 Å². The number of piperidine rings is 1. The number of aromatic nitrogens is 2. The molecule has 1 saturated heterocycles. The van der Waals surface area contributed by atoms with E-state index in [1.54, 1.807) is 7.11 Å². The van der Waals surface area contributed by atoms with Crippen LogP contribution in [0.1, 0.15) is 51.7 Å². The van der Waals surface area contributed by atoms with Gasteiger partial charge in [-0.2, -0.15) is 0 Å². The van der Waals surface area contributed by atoms with Gasteiger partial charge in [0.2, 0.25) is 5.95 Å². The van der Waals surface area contributed by atoms with Crippen LogP contribution in [-0.4, -0.2) is 53.2 Å². The van der Waals surface area contributed by atoms with E-state index < -0.39 is 0 Å². The number of nitrogens with zero attached hydrogens (tertiary/aromatic N) is 4. The van der Waals surface area contributed by atoms with Crippen LogP contribution in [0.15, 0.2) is 36.7 Å². The molecule has 0 radical (unpaired) electrons. The number of hydrogen-bond donors (Lipinski definition) is 1. The molecule has 0 unspecified atom stereocenters. The summed E-state index contributed by atoms with van der Waals surface area (Å²) in [5.74, 6) is 1.63. The summed E-state index contributed by atoms with van der Waals surface area (Å²) in [7, 11) is 5.63. The molecule has 6 heteroatoms. The molecule has 2 heterocycles. The lowest BCUT2D eigenvalue weighted by molar-refractivity contribution is 0.0562. The number of hydrogen-bond acceptors (Lipinski definition) is 6. The Labute approximate surface area is 181 Å². The molecule has 3 rings (SSSR count). The molecule has 30 heavy (non-hydrogen) atoms. The van der Waals surface area contributed by atoms with Gasteiger partial charge in [-0.05, 0) is 58.2 Å². The van der Waals surface area contributed by atoms with Gasteiger partial charge in [0, 0.05) is 62.3 Å². The second-order valence-corrected chi connectivity index (χ2v) is 9.99. The van der Waals surface area contributed by atoms with Gasteiger partial charge in [0.25, 0.3) is 0 Å². The van der Waals surface area contributed by atoms with Crippen molar-refractivity contribution in [3.63, 3.8) is 0 Å². The molecule has 2 aromatic rings. The minimum Gasteiger partial charge on any atom is -0.497 e. The Bertz CT molecular complexity index is 798. The van der Waals surface area contributed by atoms with Gasteiger partial charge in [0.15, 0.2) is 0 Å². The summed E-state index contributed by atoms with van der Waals surface area (Å²) in [6.07, 6.45) is 6.12. The molecule has 0 aliphatic carbocycles. The lowest BCUT2D eigenvalue weighted by Gasteiger charge is -2.49. The summed E-state index contributed by atoms with van der Waals surface area (Å²) in [6.45, 7) is 10.9. The summed E-state index contributed by atoms with van der Waals surface area (Å²) in [6, 6.07) is 8.87. The Morgan fingerprint density at radius 3 is 1.97 bits per heavy atom. The Hall–Kier alpha value is -2.18. The first kappa shape index (κ1) is 22.5. The summed E-state index contributed by atoms with van der Waals surface area (Å²) >= 11 is 0. The standard InChI is InChI=1S/C24H37N5O/c1-23(2)12-20(13-24(3,4)27-23)29(16-18-8-10-21(30-7)11-9-18)17-19-14-25-22(26-15-19)28(5)6/h8-11,14-15,20,27H,12-13,16-17H2,1-7H3. The van der Waals surface area contributed by atoms with E-state index in [1.165, 1.54) is 5.56 Å². The van der Waals surface area contributed by atoms with Gasteiger partial charge >= 0.3 is 0 Å². The number of ether oxygens (including phenoxy) is 1. The number of benzene rings is 1. The molecule has 1 fully saturated rings. The van der Waals surface area contributed by atoms with E-state index in [2.05, 4.69) is 60.0 Å². The third-order valence-corrected chi connectivity index (χ3v) is 5.71. The van der Waals surface area contributed by atoms with E-state index in [0.717, 1.165) is 43.2 Å². The van der Waals surface area contributed by atoms with Crippen molar-refractivity contribution >= 4 is 5.95 Å². The largest absolute Gasteiger partial charge is 0.497 e. The van der Waals surface area contributed by atoms with Crippen LogP contribution in [0, 0.1) is 0 Å². The van der Waals surface area contributed by atoms with Gasteiger partial charge in [-0.1, -0.05) is 12.1 Å². The lowest BCUT2D eigenvalue weighted by Crippen LogP contribution is -2.62. The number of anilines is 1. The second-order valence-electron chi connectivity index (χ2n) is 9.99. The molecule has 0 spiro atoms. The van der Waals surface area contributed by atoms with E-state index >= 15 is 0 Å². The van der Waals surface area contributed by atoms with Gasteiger partial charge in [-0.25, -0.2) is 9.97 Å². The van der Waals surface area contributed by atoms with Crippen molar-refractivity contribution in [3.05, 3.63) is 47.8 Å². The number of methoxy groups -OCH3 is 1. The Morgan fingerprint density at radius 1 is 0.933 bits per heavy atom. The van der Waals surface area contributed by atoms with Crippen molar-refractivity contribution in [2.45, 2.75) is 70.7 Å². The zero-order chi connectivity index (χ0) is 21.9. The first-order valence-corrected chi connectivity index (χ1v) is 10.7. The maximum atomic E-state index is 5.33. The molecule has 6 nitrogen and oxygen atoms in total. The molecule has 1 aliphatic rings. The fraction of sp³-hybridized carbons (Fsp3) is 0.583. The Morgan fingerprint density at radius 2 is 1.47 bits per heavy atom. The smallest absolute Gasteiger partial charge is 0.224 e. The van der Waals surface area contributed by atoms with Crippen molar-refractivity contribution in [1.29, 1.82) is 0 Å². The van der Waals surface area contributed by atoms with Crippen LogP contribution in [-0.2, 0) is 13.1 Å². The van der Waals surface area contributed by atoms with Crippen LogP contribution in [0.2, 0.25) is 0 Å². The Balaban J connectivity index is 1.85. The summed E-state index contributed by atoms with van der Waals surface area (Å²) in [5, 5.41) is 3.81. The monoisotopic (exact) mass is 411 g/mol. The van der Waals surface area contributed by atoms with E-state index in [0.29, 0.717) is 6.04 Å². The maximum Gasteiger partial charge on any atom is 0.224 e. The molecule has 164 valence electrons. The van der Waals surface area contributed by atoms with Gasteiger partial charge in [-0.15, -0.1) is 0 Å². The quantitative estimate of drug-likeness (QED) is 0.747. The highest BCUT2D eigenvalue weighted by molar-refractivity contribution is 5.28. The predicted octanol–water partition coefficient (Wildman–Crippen LogP) is 3.86. The summed E-state index contributed by atoms with van der Waals surface area (Å²) < 4.78 is 5.33. The van der Waals surface area contributed by atoms with Gasteiger partial charge in [-0.3, -0.25) is 4.90 Å². The van der Waals surface area contributed by atoms with Crippen LogP contribution in [0.4, 0.5) is 5.95 Å². The van der Waals surface area contributed by atoms with E-state index in [4.69, 9.17) is 4.74 Å². The average molecular weight is 412 g/mol. The van der Waals surface area contributed by atoms with Gasteiger partial charge in [0.1, 0.15) is 5.75 Å². The molecule has 1 aromatic carbocycles. The SMILES string of the molecule is COc1ccc(CN(Cc2cnc(N(C)C)nc2)C2CC(C)(C)NC(C)(C)C2)cc1. The molecule has 1 aliphatic heterocycles. The molecule has 1 aromatic heterocycles. The van der Waals surface area contributed by atoms with E-state index in [-0.39, 0.29) is 11.1 Å². The molecule has 0 bridgehead atoms. The summed E-state index contributed by atoms with van der Waals surface area (Å²) in [5.41, 5.74) is 2.62. The maximum absolute atomic E-state index is 5.33. The van der Waals surface area contributed by atoms with Gasteiger partial charge in [0.05, 0.1) is 7.11 Å². The zero-order valence-corrected chi connectivity index (χ0v) is 19.6. The lowest BCUT2D eigenvalue weighted by atomic mass is 9.79. The van der Waals surface area contributed by atoms with Crippen LogP contribution < -0.4 is 15.0 Å². The predicted molar refractivity (Wildman–Crippen MR) is 123 cm³/mol. The van der Waals surface area contributed by atoms with Crippen LogP contribution in [0.25, 0.3) is 0 Å². The van der Waals surface area contributed by atoms with E-state index in [9.17, 15) is 0 Å². The molecule has 0 atom stereocenters. The van der Waals surface area contributed by atoms with E-state index in [1.807, 2.05) is 43.5 Å². The fourth-order valence-electron chi connectivity index (χ4n) is 4.70.